The fourth-order valence-electron chi connectivity index (χ4n) is 2.04. The molecule has 1 aliphatic rings. The molecule has 0 aromatic heterocycles. The smallest absolute Gasteiger partial charge is 0.123 e. The molecule has 0 bridgehead atoms. The molecule has 0 spiro atoms. The fraction of sp³-hybridized carbons (Fsp3) is 0.571. The average Bonchev–Trinajstić information content (AvgIpc) is 3.11. The Hall–Kier alpha value is -1.22. The number of phenols is 1. The van der Waals surface area contributed by atoms with Crippen molar-refractivity contribution < 1.29 is 9.84 Å². The summed E-state index contributed by atoms with van der Waals surface area (Å²) in [5, 5.41) is 13.3. The molecule has 0 amide bonds. The molecule has 0 saturated heterocycles. The zero-order valence-corrected chi connectivity index (χ0v) is 10.6. The zero-order chi connectivity index (χ0) is 12.3. The summed E-state index contributed by atoms with van der Waals surface area (Å²) in [6.07, 6.45) is 4.02. The van der Waals surface area contributed by atoms with Gasteiger partial charge in [0.25, 0.3) is 0 Å². The number of benzene rings is 1. The van der Waals surface area contributed by atoms with Crippen LogP contribution in [0.2, 0.25) is 0 Å². The van der Waals surface area contributed by atoms with E-state index >= 15 is 0 Å². The van der Waals surface area contributed by atoms with Crippen molar-refractivity contribution in [3.63, 3.8) is 0 Å². The van der Waals surface area contributed by atoms with Crippen molar-refractivity contribution in [2.45, 2.75) is 38.8 Å². The van der Waals surface area contributed by atoms with Crippen molar-refractivity contribution in [3.8, 4) is 11.5 Å². The molecule has 1 saturated carbocycles. The van der Waals surface area contributed by atoms with Gasteiger partial charge in [0.2, 0.25) is 0 Å². The van der Waals surface area contributed by atoms with Gasteiger partial charge in [-0.25, -0.2) is 0 Å². The van der Waals surface area contributed by atoms with Crippen LogP contribution in [-0.4, -0.2) is 18.3 Å². The van der Waals surface area contributed by atoms with Gasteiger partial charge < -0.3 is 15.2 Å². The maximum atomic E-state index is 9.81. The minimum absolute atomic E-state index is 0.301. The minimum atomic E-state index is 0.301. The molecule has 0 heterocycles. The van der Waals surface area contributed by atoms with E-state index in [4.69, 9.17) is 4.74 Å². The SMILES string of the molecule is COc1ccc(CNC(C)CC2CC2)c(O)c1. The van der Waals surface area contributed by atoms with Gasteiger partial charge in [0.1, 0.15) is 11.5 Å². The van der Waals surface area contributed by atoms with Gasteiger partial charge in [-0.15, -0.1) is 0 Å². The number of nitrogens with one attached hydrogen (secondary N) is 1. The first-order valence-electron chi connectivity index (χ1n) is 6.28. The predicted molar refractivity (Wildman–Crippen MR) is 68.3 cm³/mol. The molecule has 1 aliphatic carbocycles. The van der Waals surface area contributed by atoms with Gasteiger partial charge in [-0.2, -0.15) is 0 Å². The van der Waals surface area contributed by atoms with Crippen molar-refractivity contribution >= 4 is 0 Å². The van der Waals surface area contributed by atoms with Gasteiger partial charge in [0, 0.05) is 24.2 Å². The summed E-state index contributed by atoms with van der Waals surface area (Å²) < 4.78 is 5.06. The van der Waals surface area contributed by atoms with E-state index in [1.165, 1.54) is 19.3 Å². The van der Waals surface area contributed by atoms with E-state index in [1.807, 2.05) is 12.1 Å². The summed E-state index contributed by atoms with van der Waals surface area (Å²) in [4.78, 5) is 0. The second-order valence-electron chi connectivity index (χ2n) is 4.96. The molecule has 2 rings (SSSR count). The second-order valence-corrected chi connectivity index (χ2v) is 4.96. The molecule has 1 aromatic carbocycles. The van der Waals surface area contributed by atoms with Crippen LogP contribution in [0.1, 0.15) is 31.7 Å². The normalized spacial score (nSPS) is 16.8. The van der Waals surface area contributed by atoms with Crippen LogP contribution >= 0.6 is 0 Å². The lowest BCUT2D eigenvalue weighted by atomic mass is 10.1. The third kappa shape index (κ3) is 3.63. The molecule has 94 valence electrons. The minimum Gasteiger partial charge on any atom is -0.507 e. The largest absolute Gasteiger partial charge is 0.507 e. The van der Waals surface area contributed by atoms with Gasteiger partial charge in [0.05, 0.1) is 7.11 Å². The molecule has 1 unspecified atom stereocenters. The highest BCUT2D eigenvalue weighted by atomic mass is 16.5. The Balaban J connectivity index is 1.84. The molecule has 2 N–H and O–H groups in total. The third-order valence-electron chi connectivity index (χ3n) is 3.32. The summed E-state index contributed by atoms with van der Waals surface area (Å²) in [7, 11) is 1.60. The Labute approximate surface area is 103 Å². The number of rotatable bonds is 6. The van der Waals surface area contributed by atoms with Crippen LogP contribution in [0.3, 0.4) is 0 Å². The third-order valence-corrected chi connectivity index (χ3v) is 3.32. The molecular weight excluding hydrogens is 214 g/mol. The van der Waals surface area contributed by atoms with Gasteiger partial charge in [-0.3, -0.25) is 0 Å². The highest BCUT2D eigenvalue weighted by Gasteiger charge is 2.23. The number of phenolic OH excluding ortho intramolecular Hbond substituents is 1. The highest BCUT2D eigenvalue weighted by Crippen LogP contribution is 2.33. The van der Waals surface area contributed by atoms with Crippen LogP contribution in [-0.2, 0) is 6.54 Å². The number of hydrogen-bond donors (Lipinski definition) is 2. The number of hydrogen-bond acceptors (Lipinski definition) is 3. The van der Waals surface area contributed by atoms with Crippen molar-refractivity contribution in [1.29, 1.82) is 0 Å². The van der Waals surface area contributed by atoms with E-state index in [9.17, 15) is 5.11 Å². The number of methoxy groups -OCH3 is 1. The first-order chi connectivity index (χ1) is 8.19. The summed E-state index contributed by atoms with van der Waals surface area (Å²) >= 11 is 0. The molecule has 3 nitrogen and oxygen atoms in total. The van der Waals surface area contributed by atoms with Gasteiger partial charge >= 0.3 is 0 Å². The molecule has 0 radical (unpaired) electrons. The Bertz CT molecular complexity index is 374. The van der Waals surface area contributed by atoms with Gasteiger partial charge in [-0.05, 0) is 25.3 Å². The Morgan fingerprint density at radius 3 is 2.82 bits per heavy atom. The lowest BCUT2D eigenvalue weighted by Gasteiger charge is -2.14. The lowest BCUT2D eigenvalue weighted by Crippen LogP contribution is -2.25. The van der Waals surface area contributed by atoms with Crippen LogP contribution in [0, 0.1) is 5.92 Å². The number of aromatic hydroxyl groups is 1. The van der Waals surface area contributed by atoms with E-state index in [2.05, 4.69) is 12.2 Å². The van der Waals surface area contributed by atoms with E-state index in [0.29, 0.717) is 24.1 Å². The van der Waals surface area contributed by atoms with Crippen LogP contribution in [0.25, 0.3) is 0 Å². The Kier molecular flexibility index (Phi) is 3.89. The first kappa shape index (κ1) is 12.2. The molecule has 17 heavy (non-hydrogen) atoms. The van der Waals surface area contributed by atoms with Crippen molar-refractivity contribution in [3.05, 3.63) is 23.8 Å². The van der Waals surface area contributed by atoms with E-state index in [-0.39, 0.29) is 0 Å². The summed E-state index contributed by atoms with van der Waals surface area (Å²) in [6, 6.07) is 5.96. The van der Waals surface area contributed by atoms with E-state index in [0.717, 1.165) is 11.5 Å². The van der Waals surface area contributed by atoms with Gasteiger partial charge in [0.15, 0.2) is 0 Å². The highest BCUT2D eigenvalue weighted by molar-refractivity contribution is 5.39. The van der Waals surface area contributed by atoms with Crippen LogP contribution < -0.4 is 10.1 Å². The Morgan fingerprint density at radius 1 is 1.47 bits per heavy atom. The van der Waals surface area contributed by atoms with Crippen LogP contribution in [0.15, 0.2) is 18.2 Å². The molecule has 1 atom stereocenters. The second kappa shape index (κ2) is 5.41. The van der Waals surface area contributed by atoms with Crippen molar-refractivity contribution in [1.82, 2.24) is 5.32 Å². The zero-order valence-electron chi connectivity index (χ0n) is 10.6. The van der Waals surface area contributed by atoms with Crippen LogP contribution in [0.5, 0.6) is 11.5 Å². The van der Waals surface area contributed by atoms with Gasteiger partial charge in [-0.1, -0.05) is 18.9 Å². The standard InChI is InChI=1S/C14H21NO2/c1-10(7-11-3-4-11)15-9-12-5-6-13(17-2)8-14(12)16/h5-6,8,10-11,15-16H,3-4,7,9H2,1-2H3. The fourth-order valence-corrected chi connectivity index (χ4v) is 2.04. The Morgan fingerprint density at radius 2 is 2.24 bits per heavy atom. The quantitative estimate of drug-likeness (QED) is 0.796. The van der Waals surface area contributed by atoms with E-state index in [1.54, 1.807) is 13.2 Å². The monoisotopic (exact) mass is 235 g/mol. The first-order valence-corrected chi connectivity index (χ1v) is 6.28. The molecule has 0 aliphatic heterocycles. The lowest BCUT2D eigenvalue weighted by molar-refractivity contribution is 0.404. The van der Waals surface area contributed by atoms with Crippen molar-refractivity contribution in [2.75, 3.05) is 7.11 Å². The van der Waals surface area contributed by atoms with Crippen LogP contribution in [0.4, 0.5) is 0 Å². The van der Waals surface area contributed by atoms with E-state index < -0.39 is 0 Å². The average molecular weight is 235 g/mol. The maximum absolute atomic E-state index is 9.81. The summed E-state index contributed by atoms with van der Waals surface area (Å²) in [6.45, 7) is 2.92. The summed E-state index contributed by atoms with van der Waals surface area (Å²) in [5.41, 5.74) is 0.924. The molecule has 1 fully saturated rings. The number of ether oxygens (including phenoxy) is 1. The summed E-state index contributed by atoms with van der Waals surface area (Å²) in [5.74, 6) is 1.93. The predicted octanol–water partition coefficient (Wildman–Crippen LogP) is 2.68. The molecular formula is C14H21NO2. The topological polar surface area (TPSA) is 41.5 Å². The van der Waals surface area contributed by atoms with Crippen molar-refractivity contribution in [2.24, 2.45) is 5.92 Å². The molecule has 1 aromatic rings. The maximum Gasteiger partial charge on any atom is 0.123 e. The molecule has 3 heteroatoms.